The summed E-state index contributed by atoms with van der Waals surface area (Å²) in [5, 5.41) is 20.5. The van der Waals surface area contributed by atoms with E-state index in [1.165, 1.54) is 7.11 Å². The van der Waals surface area contributed by atoms with E-state index in [1.807, 2.05) is 0 Å². The molecule has 182 valence electrons. The Bertz CT molecular complexity index is 1020. The zero-order chi connectivity index (χ0) is 23.9. The number of nitrogens with two attached hydrogens (primary N) is 1. The average molecular weight is 471 g/mol. The first kappa shape index (κ1) is 23.7. The summed E-state index contributed by atoms with van der Waals surface area (Å²) in [4.78, 5) is 23.6. The lowest BCUT2D eigenvalue weighted by molar-refractivity contribution is -0.117. The molecule has 34 heavy (non-hydrogen) atoms. The van der Waals surface area contributed by atoms with E-state index in [1.54, 1.807) is 36.5 Å². The van der Waals surface area contributed by atoms with Crippen LogP contribution in [-0.2, 0) is 14.4 Å². The van der Waals surface area contributed by atoms with Gasteiger partial charge in [0.15, 0.2) is 11.6 Å². The molecular formula is C23H30N6O5. The molecule has 2 fully saturated rings. The van der Waals surface area contributed by atoms with Crippen molar-refractivity contribution >= 4 is 28.9 Å². The van der Waals surface area contributed by atoms with Crippen molar-refractivity contribution in [3.8, 4) is 5.75 Å². The van der Waals surface area contributed by atoms with Crippen molar-refractivity contribution in [1.29, 1.82) is 0 Å². The quantitative estimate of drug-likeness (QED) is 0.177. The standard InChI is InChI=1S/C23H30N6O5/c1-32-21-17(23(31)34-28-19(24)14-29-9-11-33-12-10-29)3-2-4-18(21)26-16-7-8-25-20(13-16)27-22(30)15-5-6-15/h2-4,7-8,13,15,23,31H,5-6,9-12,14H2,1H3,(H2,24,28)(H2,25,26,27,30). The zero-order valence-corrected chi connectivity index (χ0v) is 19.1. The number of carbonyl (C=O) groups excluding carboxylic acids is 1. The number of para-hydroxylation sites is 1. The smallest absolute Gasteiger partial charge is 0.254 e. The summed E-state index contributed by atoms with van der Waals surface area (Å²) in [6, 6.07) is 8.73. The third-order valence-corrected chi connectivity index (χ3v) is 5.51. The Morgan fingerprint density at radius 1 is 1.35 bits per heavy atom. The molecule has 5 N–H and O–H groups in total. The maximum absolute atomic E-state index is 12.0. The van der Waals surface area contributed by atoms with E-state index in [2.05, 4.69) is 25.7 Å². The predicted molar refractivity (Wildman–Crippen MR) is 127 cm³/mol. The van der Waals surface area contributed by atoms with Gasteiger partial charge in [-0.25, -0.2) is 4.98 Å². The number of oxime groups is 1. The largest absolute Gasteiger partial charge is 0.494 e. The van der Waals surface area contributed by atoms with Gasteiger partial charge in [0.05, 0.1) is 38.1 Å². The van der Waals surface area contributed by atoms with Gasteiger partial charge < -0.3 is 35.8 Å². The number of morpholine rings is 1. The number of rotatable bonds is 10. The van der Waals surface area contributed by atoms with Gasteiger partial charge in [0.2, 0.25) is 5.91 Å². The van der Waals surface area contributed by atoms with Crippen molar-refractivity contribution < 1.29 is 24.2 Å². The molecule has 1 saturated heterocycles. The fraction of sp³-hybridized carbons (Fsp3) is 0.435. The van der Waals surface area contributed by atoms with Crippen LogP contribution in [0.25, 0.3) is 0 Å². The van der Waals surface area contributed by atoms with Crippen LogP contribution in [0.3, 0.4) is 0 Å². The first-order valence-electron chi connectivity index (χ1n) is 11.2. The number of ether oxygens (including phenoxy) is 2. The van der Waals surface area contributed by atoms with E-state index in [0.717, 1.165) is 25.9 Å². The minimum absolute atomic E-state index is 0.0158. The van der Waals surface area contributed by atoms with Crippen LogP contribution >= 0.6 is 0 Å². The van der Waals surface area contributed by atoms with Crippen LogP contribution in [0.2, 0.25) is 0 Å². The van der Waals surface area contributed by atoms with E-state index in [-0.39, 0.29) is 17.7 Å². The highest BCUT2D eigenvalue weighted by Crippen LogP contribution is 2.36. The molecule has 1 aromatic carbocycles. The number of anilines is 3. The molecule has 2 heterocycles. The SMILES string of the molecule is COc1c(Nc2ccnc(NC(=O)C3CC3)c2)cccc1C(O)O/N=C(\N)CN1CCOCC1. The number of benzene rings is 1. The van der Waals surface area contributed by atoms with Crippen LogP contribution in [0.5, 0.6) is 5.75 Å². The topological polar surface area (TPSA) is 144 Å². The maximum atomic E-state index is 12.0. The molecule has 2 aromatic rings. The minimum Gasteiger partial charge on any atom is -0.494 e. The van der Waals surface area contributed by atoms with Gasteiger partial charge in [0, 0.05) is 37.0 Å². The van der Waals surface area contributed by atoms with Gasteiger partial charge in [-0.05, 0) is 31.0 Å². The number of hydrogen-bond donors (Lipinski definition) is 4. The third-order valence-electron chi connectivity index (χ3n) is 5.51. The van der Waals surface area contributed by atoms with Gasteiger partial charge in [0.25, 0.3) is 6.29 Å². The van der Waals surface area contributed by atoms with Crippen molar-refractivity contribution in [2.45, 2.75) is 19.1 Å². The Hall–Kier alpha value is -3.41. The molecule has 4 rings (SSSR count). The van der Waals surface area contributed by atoms with Crippen LogP contribution in [0.15, 0.2) is 41.7 Å². The molecule has 1 unspecified atom stereocenters. The Labute approximate surface area is 197 Å². The minimum atomic E-state index is -1.38. The van der Waals surface area contributed by atoms with Crippen molar-refractivity contribution in [1.82, 2.24) is 9.88 Å². The fourth-order valence-electron chi connectivity index (χ4n) is 3.57. The normalized spacial score (nSPS) is 17.6. The number of amides is 1. The molecular weight excluding hydrogens is 440 g/mol. The molecule has 0 radical (unpaired) electrons. The van der Waals surface area contributed by atoms with Crippen molar-refractivity contribution in [3.05, 3.63) is 42.1 Å². The van der Waals surface area contributed by atoms with E-state index in [0.29, 0.717) is 48.3 Å². The summed E-state index contributed by atoms with van der Waals surface area (Å²) in [7, 11) is 1.50. The highest BCUT2D eigenvalue weighted by atomic mass is 16.7. The number of carbonyl (C=O) groups is 1. The van der Waals surface area contributed by atoms with Gasteiger partial charge in [-0.2, -0.15) is 0 Å². The average Bonchev–Trinajstić information content (AvgIpc) is 3.69. The van der Waals surface area contributed by atoms with E-state index in [4.69, 9.17) is 20.0 Å². The second-order valence-corrected chi connectivity index (χ2v) is 8.18. The van der Waals surface area contributed by atoms with Crippen molar-refractivity contribution in [2.75, 3.05) is 50.6 Å². The van der Waals surface area contributed by atoms with Crippen molar-refractivity contribution in [3.63, 3.8) is 0 Å². The van der Waals surface area contributed by atoms with Crippen LogP contribution in [0.4, 0.5) is 17.2 Å². The van der Waals surface area contributed by atoms with Crippen LogP contribution in [0, 0.1) is 5.92 Å². The number of methoxy groups -OCH3 is 1. The molecule has 1 amide bonds. The number of nitrogens with zero attached hydrogens (tertiary/aromatic N) is 3. The molecule has 1 aliphatic heterocycles. The van der Waals surface area contributed by atoms with Crippen LogP contribution in [-0.4, -0.2) is 66.7 Å². The van der Waals surface area contributed by atoms with Gasteiger partial charge in [-0.3, -0.25) is 9.69 Å². The first-order valence-corrected chi connectivity index (χ1v) is 11.2. The van der Waals surface area contributed by atoms with Gasteiger partial charge in [0.1, 0.15) is 5.82 Å². The highest BCUT2D eigenvalue weighted by Gasteiger charge is 2.29. The molecule has 1 atom stereocenters. The second kappa shape index (κ2) is 11.1. The zero-order valence-electron chi connectivity index (χ0n) is 19.1. The molecule has 0 spiro atoms. The molecule has 11 nitrogen and oxygen atoms in total. The van der Waals surface area contributed by atoms with Crippen LogP contribution < -0.4 is 21.1 Å². The lowest BCUT2D eigenvalue weighted by Gasteiger charge is -2.25. The third kappa shape index (κ3) is 6.34. The van der Waals surface area contributed by atoms with E-state index in [9.17, 15) is 9.90 Å². The Balaban J connectivity index is 1.42. The lowest BCUT2D eigenvalue weighted by atomic mass is 10.1. The lowest BCUT2D eigenvalue weighted by Crippen LogP contribution is -2.41. The van der Waals surface area contributed by atoms with Gasteiger partial charge >= 0.3 is 0 Å². The number of pyridine rings is 1. The van der Waals surface area contributed by atoms with E-state index >= 15 is 0 Å². The Morgan fingerprint density at radius 2 is 2.15 bits per heavy atom. The summed E-state index contributed by atoms with van der Waals surface area (Å²) >= 11 is 0. The number of aliphatic hydroxyl groups is 1. The van der Waals surface area contributed by atoms with Gasteiger partial charge in [-0.15, -0.1) is 0 Å². The van der Waals surface area contributed by atoms with Gasteiger partial charge in [-0.1, -0.05) is 11.2 Å². The molecule has 11 heteroatoms. The summed E-state index contributed by atoms with van der Waals surface area (Å²) in [6.07, 6.45) is 2.05. The van der Waals surface area contributed by atoms with E-state index < -0.39 is 6.29 Å². The second-order valence-electron chi connectivity index (χ2n) is 8.18. The molecule has 2 aliphatic rings. The summed E-state index contributed by atoms with van der Waals surface area (Å²) in [5.74, 6) is 1.18. The first-order chi connectivity index (χ1) is 16.5. The molecule has 1 saturated carbocycles. The number of amidine groups is 1. The number of aromatic nitrogens is 1. The summed E-state index contributed by atoms with van der Waals surface area (Å²) in [6.45, 7) is 3.26. The number of hydrogen-bond acceptors (Lipinski definition) is 9. The molecule has 1 aromatic heterocycles. The molecule has 1 aliphatic carbocycles. The maximum Gasteiger partial charge on any atom is 0.254 e. The predicted octanol–water partition coefficient (Wildman–Crippen LogP) is 1.79. The number of nitrogens with one attached hydrogen (secondary N) is 2. The highest BCUT2D eigenvalue weighted by molar-refractivity contribution is 5.93. The molecule has 0 bridgehead atoms. The Kier molecular flexibility index (Phi) is 7.78. The van der Waals surface area contributed by atoms with Crippen molar-refractivity contribution in [2.24, 2.45) is 16.8 Å². The monoisotopic (exact) mass is 470 g/mol. The Morgan fingerprint density at radius 3 is 2.88 bits per heavy atom. The fourth-order valence-corrected chi connectivity index (χ4v) is 3.57. The summed E-state index contributed by atoms with van der Waals surface area (Å²) in [5.41, 5.74) is 7.63. The summed E-state index contributed by atoms with van der Waals surface area (Å²) < 4.78 is 10.9. The number of aliphatic hydroxyl groups excluding tert-OH is 1. The van der Waals surface area contributed by atoms with Crippen LogP contribution in [0.1, 0.15) is 24.7 Å².